The molecule has 0 aliphatic carbocycles. The van der Waals surface area contributed by atoms with E-state index in [-0.39, 0.29) is 10.7 Å². The molecule has 0 bridgehead atoms. The molecule has 1 fully saturated rings. The van der Waals surface area contributed by atoms with Gasteiger partial charge < -0.3 is 4.90 Å². The molecule has 1 saturated heterocycles. The van der Waals surface area contributed by atoms with Crippen LogP contribution in [0, 0.1) is 11.3 Å². The van der Waals surface area contributed by atoms with E-state index in [4.69, 9.17) is 5.26 Å². The number of sulfonamides is 1. The molecule has 2 aromatic rings. The third-order valence-electron chi connectivity index (χ3n) is 3.98. The van der Waals surface area contributed by atoms with Crippen LogP contribution < -0.4 is 9.62 Å². The van der Waals surface area contributed by atoms with Gasteiger partial charge >= 0.3 is 0 Å². The number of nitrogens with zero attached hydrogens (tertiary/aromatic N) is 3. The second-order valence-corrected chi connectivity index (χ2v) is 7.38. The minimum atomic E-state index is -3.76. The molecule has 1 aliphatic heterocycles. The Morgan fingerprint density at radius 1 is 1.12 bits per heavy atom. The summed E-state index contributed by atoms with van der Waals surface area (Å²) in [5.74, 6) is 0.262. The molecule has 0 radical (unpaired) electrons. The zero-order valence-electron chi connectivity index (χ0n) is 13.1. The van der Waals surface area contributed by atoms with Gasteiger partial charge in [0.25, 0.3) is 10.0 Å². The van der Waals surface area contributed by atoms with Gasteiger partial charge in [0.05, 0.1) is 28.4 Å². The molecular formula is C17H18N4O2S. The van der Waals surface area contributed by atoms with Crippen molar-refractivity contribution in [2.45, 2.75) is 24.2 Å². The molecule has 0 spiro atoms. The average Bonchev–Trinajstić information content (AvgIpc) is 2.63. The minimum absolute atomic E-state index is 0.0449. The van der Waals surface area contributed by atoms with E-state index < -0.39 is 10.0 Å². The van der Waals surface area contributed by atoms with Crippen LogP contribution in [-0.2, 0) is 10.0 Å². The number of hydrogen-bond acceptors (Lipinski definition) is 5. The summed E-state index contributed by atoms with van der Waals surface area (Å²) in [5.41, 5.74) is 1.30. The van der Waals surface area contributed by atoms with Crippen molar-refractivity contribution in [3.63, 3.8) is 0 Å². The van der Waals surface area contributed by atoms with Gasteiger partial charge in [-0.3, -0.25) is 4.72 Å². The molecule has 1 aromatic heterocycles. The van der Waals surface area contributed by atoms with Gasteiger partial charge in [-0.15, -0.1) is 0 Å². The SMILES string of the molecule is N#Cc1cccc(S(=O)(=O)Nc2ccc(N3CCCCC3)cn2)c1. The van der Waals surface area contributed by atoms with E-state index in [2.05, 4.69) is 14.6 Å². The van der Waals surface area contributed by atoms with E-state index in [0.29, 0.717) is 5.56 Å². The Kier molecular flexibility index (Phi) is 4.67. The smallest absolute Gasteiger partial charge is 0.263 e. The lowest BCUT2D eigenvalue weighted by atomic mass is 10.1. The average molecular weight is 342 g/mol. The molecular weight excluding hydrogens is 324 g/mol. The summed E-state index contributed by atoms with van der Waals surface area (Å²) in [5, 5.41) is 8.89. The van der Waals surface area contributed by atoms with Crippen LogP contribution in [0.4, 0.5) is 11.5 Å². The normalized spacial score (nSPS) is 14.9. The second kappa shape index (κ2) is 6.89. The van der Waals surface area contributed by atoms with Crippen molar-refractivity contribution in [2.24, 2.45) is 0 Å². The number of nitrogens with one attached hydrogen (secondary N) is 1. The van der Waals surface area contributed by atoms with Gasteiger partial charge in [0.2, 0.25) is 0 Å². The lowest BCUT2D eigenvalue weighted by Gasteiger charge is -2.28. The standard InChI is InChI=1S/C17H18N4O2S/c18-12-14-5-4-6-16(11-14)24(22,23)20-17-8-7-15(13-19-17)21-9-2-1-3-10-21/h4-8,11,13H,1-3,9-10H2,(H,19,20). The maximum Gasteiger partial charge on any atom is 0.263 e. The highest BCUT2D eigenvalue weighted by Crippen LogP contribution is 2.21. The van der Waals surface area contributed by atoms with Gasteiger partial charge in [0.1, 0.15) is 5.82 Å². The number of hydrogen-bond donors (Lipinski definition) is 1. The van der Waals surface area contributed by atoms with Crippen molar-refractivity contribution in [1.29, 1.82) is 5.26 Å². The highest BCUT2D eigenvalue weighted by atomic mass is 32.2. The van der Waals surface area contributed by atoms with E-state index in [1.807, 2.05) is 12.1 Å². The summed E-state index contributed by atoms with van der Waals surface area (Å²) in [7, 11) is -3.76. The Morgan fingerprint density at radius 2 is 1.92 bits per heavy atom. The van der Waals surface area contributed by atoms with Crippen molar-refractivity contribution in [2.75, 3.05) is 22.7 Å². The van der Waals surface area contributed by atoms with E-state index in [0.717, 1.165) is 18.8 Å². The molecule has 0 saturated carbocycles. The quantitative estimate of drug-likeness (QED) is 0.923. The first-order chi connectivity index (χ1) is 11.6. The van der Waals surface area contributed by atoms with E-state index in [1.54, 1.807) is 24.4 Å². The van der Waals surface area contributed by atoms with Crippen LogP contribution in [0.25, 0.3) is 0 Å². The maximum absolute atomic E-state index is 12.4. The number of benzene rings is 1. The monoisotopic (exact) mass is 342 g/mol. The fourth-order valence-corrected chi connectivity index (χ4v) is 3.77. The summed E-state index contributed by atoms with van der Waals surface area (Å²) < 4.78 is 27.2. The molecule has 1 aliphatic rings. The highest BCUT2D eigenvalue weighted by molar-refractivity contribution is 7.92. The fraction of sp³-hybridized carbons (Fsp3) is 0.294. The van der Waals surface area contributed by atoms with Gasteiger partial charge in [-0.2, -0.15) is 5.26 Å². The van der Waals surface area contributed by atoms with Crippen LogP contribution >= 0.6 is 0 Å². The number of rotatable bonds is 4. The van der Waals surface area contributed by atoms with E-state index >= 15 is 0 Å². The van der Waals surface area contributed by atoms with Crippen LogP contribution in [0.15, 0.2) is 47.5 Å². The molecule has 0 amide bonds. The van der Waals surface area contributed by atoms with Crippen molar-refractivity contribution in [3.05, 3.63) is 48.2 Å². The molecule has 0 atom stereocenters. The minimum Gasteiger partial charge on any atom is -0.370 e. The molecule has 1 N–H and O–H groups in total. The summed E-state index contributed by atoms with van der Waals surface area (Å²) >= 11 is 0. The predicted octanol–water partition coefficient (Wildman–Crippen LogP) is 2.74. The Bertz CT molecular complexity index is 851. The predicted molar refractivity (Wildman–Crippen MR) is 92.3 cm³/mol. The van der Waals surface area contributed by atoms with Gasteiger partial charge in [-0.1, -0.05) is 6.07 Å². The van der Waals surface area contributed by atoms with Crippen LogP contribution in [0.2, 0.25) is 0 Å². The molecule has 6 nitrogen and oxygen atoms in total. The zero-order valence-corrected chi connectivity index (χ0v) is 14.0. The maximum atomic E-state index is 12.4. The topological polar surface area (TPSA) is 86.1 Å². The van der Waals surface area contributed by atoms with Crippen LogP contribution in [-0.4, -0.2) is 26.5 Å². The molecule has 7 heteroatoms. The fourth-order valence-electron chi connectivity index (χ4n) is 2.71. The van der Waals surface area contributed by atoms with Crippen LogP contribution in [0.5, 0.6) is 0 Å². The second-order valence-electron chi connectivity index (χ2n) is 5.69. The Morgan fingerprint density at radius 3 is 2.58 bits per heavy atom. The number of anilines is 2. The Balaban J connectivity index is 1.76. The largest absolute Gasteiger partial charge is 0.370 e. The van der Waals surface area contributed by atoms with Gasteiger partial charge in [-0.25, -0.2) is 13.4 Å². The number of piperidine rings is 1. The number of pyridine rings is 1. The Labute approximate surface area is 141 Å². The molecule has 24 heavy (non-hydrogen) atoms. The van der Waals surface area contributed by atoms with Crippen molar-refractivity contribution < 1.29 is 8.42 Å². The summed E-state index contributed by atoms with van der Waals surface area (Å²) in [6, 6.07) is 11.4. The summed E-state index contributed by atoms with van der Waals surface area (Å²) in [6.07, 6.45) is 5.28. The summed E-state index contributed by atoms with van der Waals surface area (Å²) in [4.78, 5) is 6.51. The van der Waals surface area contributed by atoms with Crippen LogP contribution in [0.3, 0.4) is 0 Å². The lowest BCUT2D eigenvalue weighted by Crippen LogP contribution is -2.29. The molecule has 1 aromatic carbocycles. The van der Waals surface area contributed by atoms with E-state index in [1.165, 1.54) is 31.4 Å². The first-order valence-electron chi connectivity index (χ1n) is 7.82. The number of aromatic nitrogens is 1. The van der Waals surface area contributed by atoms with Gasteiger partial charge in [-0.05, 0) is 49.6 Å². The van der Waals surface area contributed by atoms with Crippen molar-refractivity contribution in [3.8, 4) is 6.07 Å². The third kappa shape index (κ3) is 3.66. The van der Waals surface area contributed by atoms with Gasteiger partial charge in [0, 0.05) is 13.1 Å². The highest BCUT2D eigenvalue weighted by Gasteiger charge is 2.16. The first-order valence-corrected chi connectivity index (χ1v) is 9.31. The molecule has 3 rings (SSSR count). The summed E-state index contributed by atoms with van der Waals surface area (Å²) in [6.45, 7) is 2.02. The lowest BCUT2D eigenvalue weighted by molar-refractivity contribution is 0.577. The third-order valence-corrected chi connectivity index (χ3v) is 5.33. The van der Waals surface area contributed by atoms with Crippen LogP contribution in [0.1, 0.15) is 24.8 Å². The van der Waals surface area contributed by atoms with E-state index in [9.17, 15) is 8.42 Å². The number of nitriles is 1. The molecule has 124 valence electrons. The molecule has 2 heterocycles. The van der Waals surface area contributed by atoms with Crippen molar-refractivity contribution >= 4 is 21.5 Å². The van der Waals surface area contributed by atoms with Gasteiger partial charge in [0.15, 0.2) is 0 Å². The zero-order chi connectivity index (χ0) is 17.0. The van der Waals surface area contributed by atoms with Crippen molar-refractivity contribution in [1.82, 2.24) is 4.98 Å². The first kappa shape index (κ1) is 16.3. The Hall–Kier alpha value is -2.59. The molecule has 0 unspecified atom stereocenters.